The number of hydrogen-bond acceptors (Lipinski definition) is 1. The van der Waals surface area contributed by atoms with Crippen LogP contribution in [-0.2, 0) is 0 Å². The lowest BCUT2D eigenvalue weighted by molar-refractivity contribution is 0.202. The van der Waals surface area contributed by atoms with E-state index in [0.29, 0.717) is 0 Å². The second-order valence-corrected chi connectivity index (χ2v) is 10.9. The highest BCUT2D eigenvalue weighted by Crippen LogP contribution is 2.37. The molecular formula is C26H50S. The zero-order chi connectivity index (χ0) is 18.8. The van der Waals surface area contributed by atoms with Crippen molar-refractivity contribution in [3.63, 3.8) is 0 Å². The molecule has 0 amide bonds. The Morgan fingerprint density at radius 1 is 0.296 bits per heavy atom. The minimum atomic E-state index is 1.10. The summed E-state index contributed by atoms with van der Waals surface area (Å²) < 4.78 is 0. The van der Waals surface area contributed by atoms with Gasteiger partial charge in [0.1, 0.15) is 0 Å². The van der Waals surface area contributed by atoms with Gasteiger partial charge >= 0.3 is 0 Å². The van der Waals surface area contributed by atoms with Gasteiger partial charge in [-0.15, -0.1) is 0 Å². The van der Waals surface area contributed by atoms with Crippen LogP contribution in [0.25, 0.3) is 0 Å². The van der Waals surface area contributed by atoms with Crippen molar-refractivity contribution in [2.75, 3.05) is 11.5 Å². The van der Waals surface area contributed by atoms with Crippen LogP contribution in [0.15, 0.2) is 0 Å². The van der Waals surface area contributed by atoms with Crippen molar-refractivity contribution < 1.29 is 0 Å². The molecule has 0 N–H and O–H groups in total. The Kier molecular flexibility index (Phi) is 15.1. The topological polar surface area (TPSA) is 0 Å². The van der Waals surface area contributed by atoms with Crippen LogP contribution in [0.2, 0.25) is 0 Å². The van der Waals surface area contributed by atoms with E-state index in [1.54, 1.807) is 25.7 Å². The van der Waals surface area contributed by atoms with E-state index < -0.39 is 0 Å². The van der Waals surface area contributed by atoms with Crippen molar-refractivity contribution >= 4 is 11.8 Å². The van der Waals surface area contributed by atoms with E-state index in [9.17, 15) is 0 Å². The maximum absolute atomic E-state index is 2.22. The highest BCUT2D eigenvalue weighted by Gasteiger charge is 2.23. The third-order valence-electron chi connectivity index (χ3n) is 7.29. The van der Waals surface area contributed by atoms with Gasteiger partial charge in [-0.05, 0) is 36.2 Å². The standard InChI is InChI=1S/C26H50S/c1-3-7-11-17-23-27-24-18-12-8-4-2-6-10-14-20-26-22-16-15-21-25(26)19-13-9-5-1/h25-26H,1-24H2. The van der Waals surface area contributed by atoms with Gasteiger partial charge in [0.05, 0.1) is 0 Å². The van der Waals surface area contributed by atoms with E-state index in [0.717, 1.165) is 11.8 Å². The van der Waals surface area contributed by atoms with E-state index in [1.807, 2.05) is 0 Å². The molecule has 160 valence electrons. The summed E-state index contributed by atoms with van der Waals surface area (Å²) in [5, 5.41) is 0. The van der Waals surface area contributed by atoms with Crippen molar-refractivity contribution in [1.29, 1.82) is 0 Å². The molecule has 1 aliphatic heterocycles. The predicted octanol–water partition coefficient (Wildman–Crippen LogP) is 9.56. The Balaban J connectivity index is 1.63. The van der Waals surface area contributed by atoms with Crippen molar-refractivity contribution in [2.45, 2.75) is 141 Å². The van der Waals surface area contributed by atoms with Crippen LogP contribution in [0.5, 0.6) is 0 Å². The average Bonchev–Trinajstić information content (AvgIpc) is 2.69. The molecule has 0 spiro atoms. The molecule has 1 saturated heterocycles. The minimum absolute atomic E-state index is 1.10. The van der Waals surface area contributed by atoms with Crippen molar-refractivity contribution in [3.05, 3.63) is 0 Å². The summed E-state index contributed by atoms with van der Waals surface area (Å²) >= 11 is 2.22. The molecule has 1 heterocycles. The van der Waals surface area contributed by atoms with Crippen molar-refractivity contribution in [3.8, 4) is 0 Å². The molecule has 1 aliphatic carbocycles. The van der Waals surface area contributed by atoms with Crippen LogP contribution in [0.1, 0.15) is 141 Å². The van der Waals surface area contributed by atoms with Gasteiger partial charge in [0.25, 0.3) is 0 Å². The Labute approximate surface area is 176 Å². The molecule has 2 rings (SSSR count). The van der Waals surface area contributed by atoms with Gasteiger partial charge < -0.3 is 0 Å². The largest absolute Gasteiger partial charge is 0.162 e. The second kappa shape index (κ2) is 17.2. The summed E-state index contributed by atoms with van der Waals surface area (Å²) in [5.74, 6) is 5.03. The predicted molar refractivity (Wildman–Crippen MR) is 126 cm³/mol. The minimum Gasteiger partial charge on any atom is -0.162 e. The number of hydrogen-bond donors (Lipinski definition) is 0. The molecule has 0 aromatic rings. The Morgan fingerprint density at radius 2 is 0.556 bits per heavy atom. The summed E-state index contributed by atoms with van der Waals surface area (Å²) in [6.45, 7) is 0. The average molecular weight is 395 g/mol. The number of thioether (sulfide) groups is 1. The van der Waals surface area contributed by atoms with Gasteiger partial charge in [0.15, 0.2) is 0 Å². The first-order chi connectivity index (χ1) is 13.5. The molecule has 27 heavy (non-hydrogen) atoms. The molecule has 0 radical (unpaired) electrons. The quantitative estimate of drug-likeness (QED) is 0.394. The lowest BCUT2D eigenvalue weighted by Crippen LogP contribution is -2.19. The van der Waals surface area contributed by atoms with Crippen LogP contribution >= 0.6 is 11.8 Å². The molecule has 1 saturated carbocycles. The third kappa shape index (κ3) is 12.5. The molecule has 0 bridgehead atoms. The Morgan fingerprint density at radius 3 is 0.926 bits per heavy atom. The van der Waals surface area contributed by atoms with Crippen LogP contribution in [0.4, 0.5) is 0 Å². The first-order valence-corrected chi connectivity index (χ1v) is 14.2. The van der Waals surface area contributed by atoms with Crippen LogP contribution in [0, 0.1) is 11.8 Å². The fourth-order valence-corrected chi connectivity index (χ4v) is 6.51. The second-order valence-electron chi connectivity index (χ2n) is 9.65. The summed E-state index contributed by atoms with van der Waals surface area (Å²) in [4.78, 5) is 0. The SMILES string of the molecule is C1CCCCCC2CCCCC2CCCCCCCCCCSCCCC1. The fourth-order valence-electron chi connectivity index (χ4n) is 5.49. The third-order valence-corrected chi connectivity index (χ3v) is 8.45. The molecule has 0 aromatic carbocycles. The van der Waals surface area contributed by atoms with E-state index in [-0.39, 0.29) is 0 Å². The van der Waals surface area contributed by atoms with Gasteiger partial charge in [0, 0.05) is 0 Å². The van der Waals surface area contributed by atoms with E-state index in [2.05, 4.69) is 11.8 Å². The Bertz CT molecular complexity index is 283. The van der Waals surface area contributed by atoms with Gasteiger partial charge in [-0.2, -0.15) is 11.8 Å². The molecule has 2 unspecified atom stereocenters. The van der Waals surface area contributed by atoms with Gasteiger partial charge in [-0.3, -0.25) is 0 Å². The first kappa shape index (κ1) is 23.6. The van der Waals surface area contributed by atoms with Gasteiger partial charge in [-0.1, -0.05) is 128 Å². The molecule has 0 aromatic heterocycles. The Hall–Kier alpha value is 0.350. The maximum atomic E-state index is 2.22. The highest BCUT2D eigenvalue weighted by molar-refractivity contribution is 7.99. The molecule has 2 fully saturated rings. The van der Waals surface area contributed by atoms with E-state index >= 15 is 0 Å². The number of rotatable bonds is 0. The van der Waals surface area contributed by atoms with E-state index in [4.69, 9.17) is 0 Å². The fraction of sp³-hybridized carbons (Fsp3) is 1.00. The first-order valence-electron chi connectivity index (χ1n) is 13.0. The van der Waals surface area contributed by atoms with Crippen molar-refractivity contribution in [2.24, 2.45) is 11.8 Å². The van der Waals surface area contributed by atoms with Gasteiger partial charge in [-0.25, -0.2) is 0 Å². The van der Waals surface area contributed by atoms with Gasteiger partial charge in [0.2, 0.25) is 0 Å². The summed E-state index contributed by atoms with van der Waals surface area (Å²) in [6, 6.07) is 0. The normalized spacial score (nSPS) is 30.2. The highest BCUT2D eigenvalue weighted by atomic mass is 32.2. The van der Waals surface area contributed by atoms with Crippen LogP contribution in [0.3, 0.4) is 0 Å². The zero-order valence-corrected chi connectivity index (χ0v) is 19.4. The summed E-state index contributed by atoms with van der Waals surface area (Å²) in [5.41, 5.74) is 0. The molecule has 1 heteroatoms. The molecule has 2 atom stereocenters. The van der Waals surface area contributed by atoms with Crippen LogP contribution in [-0.4, -0.2) is 11.5 Å². The lowest BCUT2D eigenvalue weighted by Gasteiger charge is -2.32. The monoisotopic (exact) mass is 394 g/mol. The van der Waals surface area contributed by atoms with Crippen LogP contribution < -0.4 is 0 Å². The maximum Gasteiger partial charge on any atom is -0.00675 e. The van der Waals surface area contributed by atoms with Crippen molar-refractivity contribution in [1.82, 2.24) is 0 Å². The van der Waals surface area contributed by atoms with E-state index in [1.165, 1.54) is 127 Å². The molecule has 2 aliphatic rings. The molecule has 0 nitrogen and oxygen atoms in total. The summed E-state index contributed by atoms with van der Waals surface area (Å²) in [7, 11) is 0. The summed E-state index contributed by atoms with van der Waals surface area (Å²) in [6.07, 6.45) is 33.3. The lowest BCUT2D eigenvalue weighted by atomic mass is 9.74. The smallest absolute Gasteiger partial charge is 0.00675 e. The number of fused-ring (bicyclic) bond motifs is 1. The molecular weight excluding hydrogens is 344 g/mol. The zero-order valence-electron chi connectivity index (χ0n) is 18.5.